The van der Waals surface area contributed by atoms with Gasteiger partial charge < -0.3 is 38.3 Å². The summed E-state index contributed by atoms with van der Waals surface area (Å²) in [7, 11) is 0. The van der Waals surface area contributed by atoms with E-state index in [0.29, 0.717) is 12.8 Å². The number of guanidine groups is 1. The molecule has 0 aliphatic carbocycles. The molecule has 0 saturated carbocycles. The molecule has 32 heavy (non-hydrogen) atoms. The number of carboxylic acid groups (broad SMARTS) is 1. The Hall–Kier alpha value is -2.19. The van der Waals surface area contributed by atoms with Gasteiger partial charge in [0.25, 0.3) is 0 Å². The number of nitrogens with two attached hydrogens (primary N) is 3. The third-order valence-electron chi connectivity index (χ3n) is 4.25. The summed E-state index contributed by atoms with van der Waals surface area (Å²) in [6, 6.07) is -4.17. The maximum Gasteiger partial charge on any atom is 0.327 e. The van der Waals surface area contributed by atoms with E-state index < -0.39 is 47.9 Å². The molecule has 0 aromatic carbocycles. The van der Waals surface area contributed by atoms with Crippen molar-refractivity contribution in [2.75, 3.05) is 18.1 Å². The summed E-state index contributed by atoms with van der Waals surface area (Å²) in [5.41, 5.74) is 16.5. The Morgan fingerprint density at radius 2 is 1.41 bits per heavy atom. The fourth-order valence-corrected chi connectivity index (χ4v) is 3.09. The molecule has 14 heteroatoms. The van der Waals surface area contributed by atoms with Gasteiger partial charge in [0.15, 0.2) is 5.96 Å². The van der Waals surface area contributed by atoms with Gasteiger partial charge in [-0.1, -0.05) is 13.8 Å². The van der Waals surface area contributed by atoms with Crippen LogP contribution in [0.1, 0.15) is 33.1 Å². The number of thiol groups is 2. The van der Waals surface area contributed by atoms with Crippen molar-refractivity contribution >= 4 is 54.9 Å². The van der Waals surface area contributed by atoms with Gasteiger partial charge in [-0.2, -0.15) is 25.3 Å². The van der Waals surface area contributed by atoms with Gasteiger partial charge in [-0.15, -0.1) is 0 Å². The van der Waals surface area contributed by atoms with Crippen LogP contribution in [0.2, 0.25) is 0 Å². The highest BCUT2D eigenvalue weighted by molar-refractivity contribution is 7.80. The number of hydrogen-bond donors (Lipinski definition) is 9. The first-order valence-corrected chi connectivity index (χ1v) is 11.4. The predicted octanol–water partition coefficient (Wildman–Crippen LogP) is -2.19. The van der Waals surface area contributed by atoms with Crippen LogP contribution in [0.5, 0.6) is 0 Å². The summed E-state index contributed by atoms with van der Waals surface area (Å²) in [6.07, 6.45) is 0.975. The zero-order valence-electron chi connectivity index (χ0n) is 18.3. The van der Waals surface area contributed by atoms with Crippen molar-refractivity contribution in [3.63, 3.8) is 0 Å². The van der Waals surface area contributed by atoms with Gasteiger partial charge >= 0.3 is 5.97 Å². The lowest BCUT2D eigenvalue weighted by Crippen LogP contribution is -2.58. The van der Waals surface area contributed by atoms with Gasteiger partial charge in [0, 0.05) is 18.1 Å². The van der Waals surface area contributed by atoms with Gasteiger partial charge in [-0.25, -0.2) is 4.79 Å². The Kier molecular flexibility index (Phi) is 14.5. The summed E-state index contributed by atoms with van der Waals surface area (Å²) in [4.78, 5) is 52.6. The van der Waals surface area contributed by atoms with Crippen LogP contribution in [0, 0.1) is 5.92 Å². The van der Waals surface area contributed by atoms with Crippen molar-refractivity contribution in [1.29, 1.82) is 0 Å². The summed E-state index contributed by atoms with van der Waals surface area (Å²) in [5, 5.41) is 16.4. The van der Waals surface area contributed by atoms with Gasteiger partial charge in [-0.05, 0) is 25.2 Å². The number of carboxylic acids is 1. The van der Waals surface area contributed by atoms with Crippen molar-refractivity contribution in [2.24, 2.45) is 28.1 Å². The lowest BCUT2D eigenvalue weighted by molar-refractivity contribution is -0.141. The molecule has 0 aromatic rings. The second kappa shape index (κ2) is 15.6. The minimum Gasteiger partial charge on any atom is -0.480 e. The number of nitrogens with one attached hydrogen (secondary N) is 3. The topological polar surface area (TPSA) is 215 Å². The van der Waals surface area contributed by atoms with Gasteiger partial charge in [0.05, 0.1) is 6.04 Å². The average molecular weight is 494 g/mol. The first-order chi connectivity index (χ1) is 14.9. The zero-order valence-corrected chi connectivity index (χ0v) is 20.1. The minimum atomic E-state index is -1.26. The number of amides is 3. The fraction of sp³-hybridized carbons (Fsp3) is 0.722. The molecule has 0 rings (SSSR count). The number of hydrogen-bond acceptors (Lipinski definition) is 8. The monoisotopic (exact) mass is 493 g/mol. The highest BCUT2D eigenvalue weighted by Gasteiger charge is 2.29. The highest BCUT2D eigenvalue weighted by atomic mass is 32.1. The highest BCUT2D eigenvalue weighted by Crippen LogP contribution is 2.06. The van der Waals surface area contributed by atoms with E-state index in [9.17, 15) is 19.2 Å². The van der Waals surface area contributed by atoms with Crippen molar-refractivity contribution in [2.45, 2.75) is 57.3 Å². The van der Waals surface area contributed by atoms with Gasteiger partial charge in [0.2, 0.25) is 17.7 Å². The molecular formula is C18H35N7O5S2. The molecule has 3 amide bonds. The standard InChI is InChI=1S/C18H35N7O5S2/c1-9(2)6-10(19)14(26)23-11(4-3-5-22-18(20)21)15(27)24-12(7-31)16(28)25-13(8-32)17(29)30/h9-13,31-32H,3-8,19H2,1-2H3,(H,23,26)(H,24,27)(H,25,28)(H,29,30)(H4,20,21,22). The molecule has 0 aromatic heterocycles. The zero-order chi connectivity index (χ0) is 24.8. The quantitative estimate of drug-likeness (QED) is 0.0527. The Bertz CT molecular complexity index is 674. The van der Waals surface area contributed by atoms with Crippen LogP contribution in [-0.4, -0.2) is 77.0 Å². The van der Waals surface area contributed by atoms with Crippen LogP contribution in [0.3, 0.4) is 0 Å². The molecule has 0 saturated heterocycles. The smallest absolute Gasteiger partial charge is 0.327 e. The number of carbonyl (C=O) groups excluding carboxylic acids is 3. The van der Waals surface area contributed by atoms with Gasteiger partial charge in [-0.3, -0.25) is 19.4 Å². The summed E-state index contributed by atoms with van der Waals surface area (Å²) in [5.74, 6) is -3.31. The largest absolute Gasteiger partial charge is 0.480 e. The van der Waals surface area contributed by atoms with E-state index >= 15 is 0 Å². The molecule has 184 valence electrons. The molecule has 0 aliphatic heterocycles. The average Bonchev–Trinajstić information content (AvgIpc) is 2.70. The Morgan fingerprint density at radius 1 is 0.906 bits per heavy atom. The second-order valence-electron chi connectivity index (χ2n) is 7.57. The molecule has 4 unspecified atom stereocenters. The SMILES string of the molecule is CC(C)CC(N)C(=O)NC(CCCN=C(N)N)C(=O)NC(CS)C(=O)NC(CS)C(=O)O. The first-order valence-electron chi connectivity index (χ1n) is 10.1. The van der Waals surface area contributed by atoms with Crippen molar-refractivity contribution in [3.05, 3.63) is 0 Å². The van der Waals surface area contributed by atoms with Crippen LogP contribution in [0.25, 0.3) is 0 Å². The molecule has 0 fully saturated rings. The summed E-state index contributed by atoms with van der Waals surface area (Å²) >= 11 is 7.94. The number of rotatable bonds is 15. The third-order valence-corrected chi connectivity index (χ3v) is 4.98. The number of aliphatic imine (C=N–C) groups is 1. The van der Waals surface area contributed by atoms with E-state index in [1.807, 2.05) is 13.8 Å². The van der Waals surface area contributed by atoms with Crippen LogP contribution < -0.4 is 33.2 Å². The van der Waals surface area contributed by atoms with Crippen molar-refractivity contribution < 1.29 is 24.3 Å². The molecule has 0 bridgehead atoms. The van der Waals surface area contributed by atoms with Crippen LogP contribution >= 0.6 is 25.3 Å². The Morgan fingerprint density at radius 3 is 1.88 bits per heavy atom. The molecule has 12 nitrogen and oxygen atoms in total. The molecule has 4 atom stereocenters. The summed E-state index contributed by atoms with van der Waals surface area (Å²) < 4.78 is 0. The molecule has 10 N–H and O–H groups in total. The third kappa shape index (κ3) is 12.0. The van der Waals surface area contributed by atoms with E-state index in [0.717, 1.165) is 0 Å². The molecular weight excluding hydrogens is 458 g/mol. The lowest BCUT2D eigenvalue weighted by Gasteiger charge is -2.24. The second-order valence-corrected chi connectivity index (χ2v) is 8.30. The van der Waals surface area contributed by atoms with E-state index in [-0.39, 0.29) is 36.3 Å². The molecule has 0 radical (unpaired) electrons. The fourth-order valence-electron chi connectivity index (χ4n) is 2.59. The molecule has 0 aliphatic rings. The van der Waals surface area contributed by atoms with E-state index in [2.05, 4.69) is 46.2 Å². The Balaban J connectivity index is 5.27. The van der Waals surface area contributed by atoms with E-state index in [1.54, 1.807) is 0 Å². The number of carbonyl (C=O) groups is 4. The van der Waals surface area contributed by atoms with E-state index in [4.69, 9.17) is 22.3 Å². The van der Waals surface area contributed by atoms with Crippen molar-refractivity contribution in [3.8, 4) is 0 Å². The number of aliphatic carboxylic acids is 1. The number of nitrogens with zero attached hydrogens (tertiary/aromatic N) is 1. The summed E-state index contributed by atoms with van der Waals surface area (Å²) in [6.45, 7) is 4.06. The van der Waals surface area contributed by atoms with E-state index in [1.165, 1.54) is 0 Å². The van der Waals surface area contributed by atoms with Crippen LogP contribution in [0.4, 0.5) is 0 Å². The van der Waals surface area contributed by atoms with Crippen LogP contribution in [0.15, 0.2) is 4.99 Å². The van der Waals surface area contributed by atoms with Crippen molar-refractivity contribution in [1.82, 2.24) is 16.0 Å². The predicted molar refractivity (Wildman–Crippen MR) is 128 cm³/mol. The Labute approximate surface area is 198 Å². The lowest BCUT2D eigenvalue weighted by atomic mass is 10.0. The maximum absolute atomic E-state index is 12.8. The normalized spacial score (nSPS) is 14.6. The van der Waals surface area contributed by atoms with Crippen LogP contribution in [-0.2, 0) is 19.2 Å². The molecule has 0 heterocycles. The van der Waals surface area contributed by atoms with Gasteiger partial charge in [0.1, 0.15) is 18.1 Å². The molecule has 0 spiro atoms. The maximum atomic E-state index is 12.8. The first kappa shape index (κ1) is 29.8. The minimum absolute atomic E-state index is 0.0991.